The van der Waals surface area contributed by atoms with Crippen molar-refractivity contribution in [3.63, 3.8) is 0 Å². The number of carbonyl (C=O) groups excluding carboxylic acids is 1. The average molecular weight is 490 g/mol. The number of benzene rings is 3. The monoisotopic (exact) mass is 489 g/mol. The van der Waals surface area contributed by atoms with Crippen LogP contribution in [-0.4, -0.2) is 31.0 Å². The first-order chi connectivity index (χ1) is 16.8. The van der Waals surface area contributed by atoms with Crippen LogP contribution in [0.15, 0.2) is 66.7 Å². The minimum Gasteiger partial charge on any atom is -0.497 e. The maximum Gasteiger partial charge on any atom is 0.236 e. The fourth-order valence-electron chi connectivity index (χ4n) is 4.87. The second-order valence-electron chi connectivity index (χ2n) is 8.85. The van der Waals surface area contributed by atoms with Crippen molar-refractivity contribution in [3.05, 3.63) is 77.9 Å². The zero-order chi connectivity index (χ0) is 24.7. The summed E-state index contributed by atoms with van der Waals surface area (Å²) in [5.41, 5.74) is 2.37. The first kappa shape index (κ1) is 23.0. The van der Waals surface area contributed by atoms with Gasteiger partial charge in [-0.2, -0.15) is 0 Å². The summed E-state index contributed by atoms with van der Waals surface area (Å²) in [6, 6.07) is 20.4. The van der Waals surface area contributed by atoms with Gasteiger partial charge in [-0.1, -0.05) is 17.7 Å². The highest BCUT2D eigenvalue weighted by atomic mass is 32.1. The number of carbonyl (C=O) groups is 1. The Kier molecular flexibility index (Phi) is 5.76. The Labute approximate surface area is 210 Å². The second-order valence-corrected chi connectivity index (χ2v) is 9.24. The standard InChI is InChI=1S/C27H27N3O4S/c1-16-5-9-18(10-6-16)30-26(35)29-24-21-15-20(33-4)13-14-22(21)34-27(30,2)23(24)25(31)28-17-7-11-19(32-3)12-8-17/h5-15,23-24H,1-4H3,(H,28,31)(H,29,35)/t23-,24+,27+/m0/s1. The van der Waals surface area contributed by atoms with Crippen molar-refractivity contribution >= 4 is 34.6 Å². The van der Waals surface area contributed by atoms with E-state index in [0.717, 1.165) is 16.8 Å². The van der Waals surface area contributed by atoms with Crippen molar-refractivity contribution < 1.29 is 19.0 Å². The van der Waals surface area contributed by atoms with E-state index < -0.39 is 17.7 Å². The molecule has 2 heterocycles. The van der Waals surface area contributed by atoms with E-state index in [1.807, 2.05) is 85.5 Å². The summed E-state index contributed by atoms with van der Waals surface area (Å²) in [5, 5.41) is 6.97. The van der Waals surface area contributed by atoms with Gasteiger partial charge in [-0.05, 0) is 80.7 Å². The van der Waals surface area contributed by atoms with Gasteiger partial charge in [-0.15, -0.1) is 0 Å². The number of thiocarbonyl (C=S) groups is 1. The number of amides is 1. The molecule has 1 saturated heterocycles. The Bertz CT molecular complexity index is 1280. The van der Waals surface area contributed by atoms with Crippen LogP contribution in [0.4, 0.5) is 11.4 Å². The van der Waals surface area contributed by atoms with Crippen molar-refractivity contribution in [2.24, 2.45) is 5.92 Å². The van der Waals surface area contributed by atoms with E-state index in [2.05, 4.69) is 10.6 Å². The molecule has 0 aromatic heterocycles. The largest absolute Gasteiger partial charge is 0.497 e. The third-order valence-electron chi connectivity index (χ3n) is 6.64. The van der Waals surface area contributed by atoms with Gasteiger partial charge in [0.2, 0.25) is 5.91 Å². The molecule has 35 heavy (non-hydrogen) atoms. The van der Waals surface area contributed by atoms with E-state index in [1.54, 1.807) is 14.2 Å². The van der Waals surface area contributed by atoms with Gasteiger partial charge < -0.3 is 24.8 Å². The summed E-state index contributed by atoms with van der Waals surface area (Å²) in [6.45, 7) is 3.94. The van der Waals surface area contributed by atoms with Gasteiger partial charge in [0.1, 0.15) is 23.2 Å². The molecule has 0 spiro atoms. The third-order valence-corrected chi connectivity index (χ3v) is 6.94. The first-order valence-corrected chi connectivity index (χ1v) is 11.7. The summed E-state index contributed by atoms with van der Waals surface area (Å²) in [7, 11) is 3.22. The molecule has 1 amide bonds. The zero-order valence-electron chi connectivity index (χ0n) is 20.0. The van der Waals surface area contributed by atoms with Crippen molar-refractivity contribution in [3.8, 4) is 17.2 Å². The number of ether oxygens (including phenoxy) is 3. The highest BCUT2D eigenvalue weighted by Crippen LogP contribution is 2.50. The molecule has 180 valence electrons. The van der Waals surface area contributed by atoms with E-state index in [4.69, 9.17) is 26.4 Å². The molecular formula is C27H27N3O4S. The van der Waals surface area contributed by atoms with Gasteiger partial charge in [0.25, 0.3) is 0 Å². The Morgan fingerprint density at radius 2 is 1.69 bits per heavy atom. The number of fused-ring (bicyclic) bond motifs is 4. The molecule has 7 nitrogen and oxygen atoms in total. The Hall–Kier alpha value is -3.78. The minimum atomic E-state index is -1.08. The van der Waals surface area contributed by atoms with E-state index in [1.165, 1.54) is 0 Å². The molecular weight excluding hydrogens is 462 g/mol. The highest BCUT2D eigenvalue weighted by molar-refractivity contribution is 7.80. The number of aryl methyl sites for hydroxylation is 1. The highest BCUT2D eigenvalue weighted by Gasteiger charge is 2.59. The van der Waals surface area contributed by atoms with Gasteiger partial charge >= 0.3 is 0 Å². The molecule has 3 atom stereocenters. The number of hydrogen-bond donors (Lipinski definition) is 2. The maximum absolute atomic E-state index is 13.9. The van der Waals surface area contributed by atoms with Gasteiger partial charge in [-0.3, -0.25) is 9.69 Å². The van der Waals surface area contributed by atoms with Crippen molar-refractivity contribution in [2.45, 2.75) is 25.6 Å². The molecule has 1 fully saturated rings. The molecule has 0 unspecified atom stereocenters. The fourth-order valence-corrected chi connectivity index (χ4v) is 5.28. The summed E-state index contributed by atoms with van der Waals surface area (Å²) in [4.78, 5) is 15.8. The van der Waals surface area contributed by atoms with Gasteiger partial charge in [-0.25, -0.2) is 0 Å². The minimum absolute atomic E-state index is 0.191. The third kappa shape index (κ3) is 3.93. The number of anilines is 2. The number of rotatable bonds is 5. The van der Waals surface area contributed by atoms with E-state index in [-0.39, 0.29) is 5.91 Å². The van der Waals surface area contributed by atoms with Gasteiger partial charge in [0.05, 0.1) is 20.3 Å². The molecule has 5 rings (SSSR count). The molecule has 8 heteroatoms. The average Bonchev–Trinajstić information content (AvgIpc) is 2.85. The van der Waals surface area contributed by atoms with Crippen LogP contribution < -0.4 is 29.7 Å². The van der Waals surface area contributed by atoms with Crippen molar-refractivity contribution in [1.29, 1.82) is 0 Å². The first-order valence-electron chi connectivity index (χ1n) is 11.3. The molecule has 2 N–H and O–H groups in total. The topological polar surface area (TPSA) is 72.1 Å². The summed E-state index contributed by atoms with van der Waals surface area (Å²) in [5.74, 6) is 1.24. The lowest BCUT2D eigenvalue weighted by Gasteiger charge is -2.56. The molecule has 2 aliphatic heterocycles. The fraction of sp³-hybridized carbons (Fsp3) is 0.259. The number of hydrogen-bond acceptors (Lipinski definition) is 5. The molecule has 0 radical (unpaired) electrons. The predicted octanol–water partition coefficient (Wildman–Crippen LogP) is 4.81. The van der Waals surface area contributed by atoms with Gasteiger partial charge in [0.15, 0.2) is 10.8 Å². The summed E-state index contributed by atoms with van der Waals surface area (Å²) in [6.07, 6.45) is 0. The van der Waals surface area contributed by atoms with Crippen LogP contribution >= 0.6 is 12.2 Å². The SMILES string of the molecule is COc1ccc(NC(=O)[C@@H]2[C@@H]3NC(=S)N(c4ccc(C)cc4)[C@]2(C)Oc2ccc(OC)cc23)cc1. The zero-order valence-corrected chi connectivity index (χ0v) is 20.8. The smallest absolute Gasteiger partial charge is 0.236 e. The molecule has 2 aliphatic rings. The Morgan fingerprint density at radius 3 is 2.34 bits per heavy atom. The maximum atomic E-state index is 13.9. The van der Waals surface area contributed by atoms with Crippen LogP contribution in [0, 0.1) is 12.8 Å². The quantitative estimate of drug-likeness (QED) is 0.498. The van der Waals surface area contributed by atoms with Crippen molar-refractivity contribution in [1.82, 2.24) is 5.32 Å². The van der Waals surface area contributed by atoms with E-state index in [0.29, 0.717) is 28.0 Å². The number of nitrogens with one attached hydrogen (secondary N) is 2. The molecule has 3 aromatic carbocycles. The lowest BCUT2D eigenvalue weighted by Crippen LogP contribution is -2.72. The Morgan fingerprint density at radius 1 is 1.03 bits per heavy atom. The number of methoxy groups -OCH3 is 2. The van der Waals surface area contributed by atoms with E-state index >= 15 is 0 Å². The van der Waals surface area contributed by atoms with Crippen LogP contribution in [0.1, 0.15) is 24.1 Å². The number of nitrogens with zero attached hydrogens (tertiary/aromatic N) is 1. The van der Waals surface area contributed by atoms with Crippen molar-refractivity contribution in [2.75, 3.05) is 24.4 Å². The lowest BCUT2D eigenvalue weighted by atomic mass is 9.78. The van der Waals surface area contributed by atoms with Crippen LogP contribution in [0.3, 0.4) is 0 Å². The van der Waals surface area contributed by atoms with Crippen LogP contribution in [-0.2, 0) is 4.79 Å². The summed E-state index contributed by atoms with van der Waals surface area (Å²) >= 11 is 5.81. The van der Waals surface area contributed by atoms with Crippen LogP contribution in [0.5, 0.6) is 17.2 Å². The molecule has 0 saturated carbocycles. The van der Waals surface area contributed by atoms with Crippen LogP contribution in [0.25, 0.3) is 0 Å². The lowest BCUT2D eigenvalue weighted by molar-refractivity contribution is -0.130. The molecule has 0 aliphatic carbocycles. The molecule has 3 aromatic rings. The van der Waals surface area contributed by atoms with E-state index in [9.17, 15) is 4.79 Å². The Balaban J connectivity index is 1.60. The molecule has 2 bridgehead atoms. The second kappa shape index (κ2) is 8.78. The normalized spacial score (nSPS) is 22.4. The predicted molar refractivity (Wildman–Crippen MR) is 139 cm³/mol. The van der Waals surface area contributed by atoms with Gasteiger partial charge in [0, 0.05) is 16.9 Å². The summed E-state index contributed by atoms with van der Waals surface area (Å²) < 4.78 is 17.3. The van der Waals surface area contributed by atoms with Crippen LogP contribution in [0.2, 0.25) is 0 Å².